The van der Waals surface area contributed by atoms with Crippen LogP contribution < -0.4 is 16.0 Å². The van der Waals surface area contributed by atoms with Crippen molar-refractivity contribution in [1.29, 1.82) is 0 Å². The van der Waals surface area contributed by atoms with Crippen LogP contribution in [0.15, 0.2) is 36.8 Å². The maximum atomic E-state index is 11.9. The fourth-order valence-corrected chi connectivity index (χ4v) is 4.77. The number of aromatic nitrogens is 5. The highest BCUT2D eigenvalue weighted by Gasteiger charge is 2.39. The molecule has 33 heavy (non-hydrogen) atoms. The van der Waals surface area contributed by atoms with Crippen LogP contribution in [-0.4, -0.2) is 44.0 Å². The van der Waals surface area contributed by atoms with Crippen molar-refractivity contribution in [2.24, 2.45) is 5.73 Å². The van der Waals surface area contributed by atoms with E-state index in [0.717, 1.165) is 42.4 Å². The Bertz CT molecular complexity index is 1110. The molecule has 2 aromatic heterocycles. The minimum absolute atomic E-state index is 0.0640. The largest absolute Gasteiger partial charge is 0.453 e. The summed E-state index contributed by atoms with van der Waals surface area (Å²) >= 11 is 0. The molecule has 10 nitrogen and oxygen atoms in total. The molecular formula is C23H30N8O2. The van der Waals surface area contributed by atoms with E-state index in [9.17, 15) is 4.79 Å². The number of alkyl carbamates (subject to hydrolysis) is 1. The average Bonchev–Trinajstić information content (AvgIpc) is 3.50. The molecule has 1 amide bonds. The summed E-state index contributed by atoms with van der Waals surface area (Å²) in [5, 5.41) is 11.5. The van der Waals surface area contributed by atoms with Gasteiger partial charge >= 0.3 is 6.09 Å². The first kappa shape index (κ1) is 22.5. The number of methoxy groups -OCH3 is 1. The molecule has 1 aliphatic carbocycles. The van der Waals surface area contributed by atoms with Gasteiger partial charge < -0.3 is 15.4 Å². The van der Waals surface area contributed by atoms with Gasteiger partial charge in [0.2, 0.25) is 0 Å². The summed E-state index contributed by atoms with van der Waals surface area (Å²) in [5.74, 6) is 2.97. The fraction of sp³-hybridized carbons (Fsp3) is 0.435. The predicted molar refractivity (Wildman–Crippen MR) is 125 cm³/mol. The Morgan fingerprint density at radius 1 is 1.36 bits per heavy atom. The molecule has 3 N–H and O–H groups in total. The van der Waals surface area contributed by atoms with Gasteiger partial charge in [0.1, 0.15) is 11.5 Å². The Hall–Kier alpha value is -3.69. The van der Waals surface area contributed by atoms with E-state index in [0.29, 0.717) is 23.1 Å². The minimum atomic E-state index is -0.617. The number of allylic oxidation sites excluding steroid dienone is 3. The number of amides is 1. The van der Waals surface area contributed by atoms with Gasteiger partial charge in [-0.3, -0.25) is 9.88 Å². The van der Waals surface area contributed by atoms with Crippen molar-refractivity contribution in [3.8, 4) is 5.69 Å². The first-order chi connectivity index (χ1) is 16.0. The third-order valence-corrected chi connectivity index (χ3v) is 6.24. The Morgan fingerprint density at radius 3 is 2.76 bits per heavy atom. The number of nitrogens with two attached hydrogens (primary N) is 1. The summed E-state index contributed by atoms with van der Waals surface area (Å²) in [6.45, 7) is 7.91. The van der Waals surface area contributed by atoms with Crippen molar-refractivity contribution >= 4 is 17.5 Å². The van der Waals surface area contributed by atoms with Gasteiger partial charge in [-0.1, -0.05) is 26.3 Å². The third-order valence-electron chi connectivity index (χ3n) is 6.24. The molecule has 1 atom stereocenters. The summed E-state index contributed by atoms with van der Waals surface area (Å²) < 4.78 is 6.78. The van der Waals surface area contributed by atoms with Gasteiger partial charge in [-0.2, -0.15) is 0 Å². The molecule has 10 heteroatoms. The summed E-state index contributed by atoms with van der Waals surface area (Å²) in [7, 11) is 1.30. The van der Waals surface area contributed by atoms with E-state index < -0.39 is 6.09 Å². The van der Waals surface area contributed by atoms with E-state index in [2.05, 4.69) is 38.9 Å². The number of hydrogen-bond acceptors (Lipinski definition) is 8. The van der Waals surface area contributed by atoms with Crippen molar-refractivity contribution in [3.63, 3.8) is 0 Å². The molecule has 174 valence electrons. The molecule has 2 aliphatic rings. The molecule has 0 radical (unpaired) electrons. The molecular weight excluding hydrogens is 420 g/mol. The van der Waals surface area contributed by atoms with E-state index in [1.54, 1.807) is 12.3 Å². The number of carbonyl (C=O) groups is 1. The van der Waals surface area contributed by atoms with Gasteiger partial charge in [0, 0.05) is 11.6 Å². The smallest absolute Gasteiger partial charge is 0.411 e. The molecule has 0 saturated heterocycles. The second kappa shape index (κ2) is 9.43. The molecule has 0 aromatic carbocycles. The number of nitrogens with zero attached hydrogens (tertiary/aromatic N) is 6. The summed E-state index contributed by atoms with van der Waals surface area (Å²) in [4.78, 5) is 23.9. The van der Waals surface area contributed by atoms with Gasteiger partial charge in [0.25, 0.3) is 0 Å². The molecule has 3 heterocycles. The topological polar surface area (TPSA) is 124 Å². The lowest BCUT2D eigenvalue weighted by Crippen LogP contribution is -2.42. The standard InChI is InChI=1S/C23H30N8O2/c1-5-17(26-23(32)33-4)16(11-12-24)20-25-13-19-21(27-20)31(15-9-7-8-10-15)18(6-2)22-29-28-14(3)30(19)22/h5,11-13,15,18H,1,6-10,24H2,2-4H3,(H,26,32)/b12-11-,17-16-/t18-/m1/s1. The normalized spacial score (nSPS) is 18.6. The Kier molecular flexibility index (Phi) is 6.43. The van der Waals surface area contributed by atoms with Crippen LogP contribution in [0.1, 0.15) is 62.5 Å². The zero-order chi connectivity index (χ0) is 23.5. The predicted octanol–water partition coefficient (Wildman–Crippen LogP) is 3.30. The molecule has 1 fully saturated rings. The van der Waals surface area contributed by atoms with Crippen molar-refractivity contribution in [2.75, 3.05) is 12.0 Å². The van der Waals surface area contributed by atoms with Crippen molar-refractivity contribution in [3.05, 3.63) is 54.3 Å². The lowest BCUT2D eigenvalue weighted by atomic mass is 10.0. The van der Waals surface area contributed by atoms with E-state index in [1.807, 2.05) is 11.5 Å². The Labute approximate surface area is 193 Å². The number of anilines is 1. The van der Waals surface area contributed by atoms with E-state index >= 15 is 0 Å². The van der Waals surface area contributed by atoms with Gasteiger partial charge in [-0.15, -0.1) is 10.2 Å². The van der Waals surface area contributed by atoms with Crippen LogP contribution in [0, 0.1) is 6.92 Å². The zero-order valence-electron chi connectivity index (χ0n) is 19.3. The van der Waals surface area contributed by atoms with Crippen molar-refractivity contribution < 1.29 is 9.53 Å². The molecule has 4 rings (SSSR count). The monoisotopic (exact) mass is 450 g/mol. The third kappa shape index (κ3) is 3.96. The minimum Gasteiger partial charge on any atom is -0.453 e. The van der Waals surface area contributed by atoms with Crippen LogP contribution in [0.3, 0.4) is 0 Å². The number of hydrogen-bond donors (Lipinski definition) is 2. The number of aryl methyl sites for hydroxylation is 1. The van der Waals surface area contributed by atoms with Crippen molar-refractivity contribution in [2.45, 2.75) is 58.0 Å². The summed E-state index contributed by atoms with van der Waals surface area (Å²) in [6, 6.07) is 0.431. The van der Waals surface area contributed by atoms with Crippen LogP contribution in [0.25, 0.3) is 11.3 Å². The first-order valence-electron chi connectivity index (χ1n) is 11.2. The summed E-state index contributed by atoms with van der Waals surface area (Å²) in [5.41, 5.74) is 7.51. The van der Waals surface area contributed by atoms with Gasteiger partial charge in [-0.05, 0) is 44.5 Å². The quantitative estimate of drug-likeness (QED) is 0.643. The lowest BCUT2D eigenvalue weighted by molar-refractivity contribution is 0.174. The molecule has 0 spiro atoms. The molecule has 2 aromatic rings. The number of fused-ring (bicyclic) bond motifs is 3. The highest BCUT2D eigenvalue weighted by molar-refractivity contribution is 5.81. The second-order valence-electron chi connectivity index (χ2n) is 8.12. The van der Waals surface area contributed by atoms with Gasteiger partial charge in [-0.25, -0.2) is 14.8 Å². The van der Waals surface area contributed by atoms with Crippen LogP contribution in [0.5, 0.6) is 0 Å². The molecule has 1 aliphatic heterocycles. The van der Waals surface area contributed by atoms with Crippen LogP contribution >= 0.6 is 0 Å². The molecule has 0 unspecified atom stereocenters. The number of nitrogens with one attached hydrogen (secondary N) is 1. The van der Waals surface area contributed by atoms with E-state index in [1.165, 1.54) is 32.2 Å². The number of carbonyl (C=O) groups excluding carboxylic acids is 1. The number of rotatable bonds is 6. The lowest BCUT2D eigenvalue weighted by Gasteiger charge is -2.41. The van der Waals surface area contributed by atoms with Crippen LogP contribution in [-0.2, 0) is 4.74 Å². The van der Waals surface area contributed by atoms with E-state index in [4.69, 9.17) is 15.5 Å². The Morgan fingerprint density at radius 2 is 2.12 bits per heavy atom. The molecule has 0 bridgehead atoms. The van der Waals surface area contributed by atoms with Crippen LogP contribution in [0.4, 0.5) is 10.6 Å². The molecule has 1 saturated carbocycles. The van der Waals surface area contributed by atoms with Gasteiger partial charge in [0.15, 0.2) is 17.5 Å². The second-order valence-corrected chi connectivity index (χ2v) is 8.12. The Balaban J connectivity index is 1.92. The van der Waals surface area contributed by atoms with E-state index in [-0.39, 0.29) is 6.04 Å². The highest BCUT2D eigenvalue weighted by atomic mass is 16.5. The zero-order valence-corrected chi connectivity index (χ0v) is 19.3. The fourth-order valence-electron chi connectivity index (χ4n) is 4.77. The summed E-state index contributed by atoms with van der Waals surface area (Å²) in [6.07, 6.45) is 11.2. The maximum absolute atomic E-state index is 11.9. The van der Waals surface area contributed by atoms with Crippen molar-refractivity contribution in [1.82, 2.24) is 30.0 Å². The number of ether oxygens (including phenoxy) is 1. The van der Waals surface area contributed by atoms with Crippen LogP contribution in [0.2, 0.25) is 0 Å². The first-order valence-corrected chi connectivity index (χ1v) is 11.2. The maximum Gasteiger partial charge on any atom is 0.411 e. The highest BCUT2D eigenvalue weighted by Crippen LogP contribution is 2.43. The average molecular weight is 451 g/mol. The SMILES string of the molecule is C=C/C(NC(=O)OC)=C(\C=C/N)c1ncc2c(n1)N(C1CCCC1)[C@H](CC)c1nnc(C)n1-2. The van der Waals surface area contributed by atoms with Gasteiger partial charge in [0.05, 0.1) is 25.0 Å².